The van der Waals surface area contributed by atoms with E-state index in [0.717, 1.165) is 72.2 Å². The summed E-state index contributed by atoms with van der Waals surface area (Å²) in [6, 6.07) is 63.8. The third-order valence-electron chi connectivity index (χ3n) is 9.77. The third-order valence-corrected chi connectivity index (χ3v) is 9.77. The molecule has 51 heavy (non-hydrogen) atoms. The lowest BCUT2D eigenvalue weighted by Gasteiger charge is -2.12. The zero-order chi connectivity index (χ0) is 33.7. The number of benzene rings is 7. The van der Waals surface area contributed by atoms with Gasteiger partial charge in [-0.1, -0.05) is 140 Å². The van der Waals surface area contributed by atoms with Crippen molar-refractivity contribution < 1.29 is 0 Å². The Morgan fingerprint density at radius 2 is 0.902 bits per heavy atom. The summed E-state index contributed by atoms with van der Waals surface area (Å²) in [7, 11) is 0. The Balaban J connectivity index is 1.05. The minimum Gasteiger partial charge on any atom is -0.306 e. The molecule has 0 amide bonds. The van der Waals surface area contributed by atoms with Crippen LogP contribution in [0.4, 0.5) is 0 Å². The van der Waals surface area contributed by atoms with Crippen molar-refractivity contribution in [3.8, 4) is 56.2 Å². The molecule has 0 saturated carbocycles. The molecule has 238 valence electrons. The summed E-state index contributed by atoms with van der Waals surface area (Å²) in [5.41, 5.74) is 14.9. The van der Waals surface area contributed by atoms with Crippen LogP contribution in [0.1, 0.15) is 0 Å². The summed E-state index contributed by atoms with van der Waals surface area (Å²) in [5, 5.41) is 2.23. The fraction of sp³-hybridized carbons (Fsp3) is 0. The number of para-hydroxylation sites is 4. The molecule has 3 aromatic heterocycles. The summed E-state index contributed by atoms with van der Waals surface area (Å²) in [6.07, 6.45) is 0. The summed E-state index contributed by atoms with van der Waals surface area (Å²) in [5.74, 6) is 0.712. The fourth-order valence-electron chi connectivity index (χ4n) is 7.29. The number of hydrogen-bond acceptors (Lipinski definition) is 3. The number of nitrogens with zero attached hydrogens (tertiary/aromatic N) is 4. The van der Waals surface area contributed by atoms with Crippen LogP contribution in [-0.4, -0.2) is 19.4 Å². The second-order valence-electron chi connectivity index (χ2n) is 12.9. The molecule has 0 N–H and O–H groups in total. The molecule has 0 saturated heterocycles. The zero-order valence-corrected chi connectivity index (χ0v) is 27.6. The Kier molecular flexibility index (Phi) is 6.78. The van der Waals surface area contributed by atoms with Crippen molar-refractivity contribution in [2.75, 3.05) is 0 Å². The first-order chi connectivity index (χ1) is 25.3. The Hall–Kier alpha value is -6.91. The van der Waals surface area contributed by atoms with Gasteiger partial charge in [0.25, 0.3) is 0 Å². The predicted octanol–water partition coefficient (Wildman–Crippen LogP) is 11.9. The van der Waals surface area contributed by atoms with E-state index in [-0.39, 0.29) is 0 Å². The van der Waals surface area contributed by atoms with Gasteiger partial charge in [0.15, 0.2) is 5.82 Å². The van der Waals surface area contributed by atoms with Gasteiger partial charge in [-0.05, 0) is 64.7 Å². The van der Waals surface area contributed by atoms with E-state index in [1.807, 2.05) is 12.1 Å². The average molecular weight is 651 g/mol. The second kappa shape index (κ2) is 11.9. The first-order valence-corrected chi connectivity index (χ1v) is 17.2. The Morgan fingerprint density at radius 3 is 1.73 bits per heavy atom. The molecule has 0 unspecified atom stereocenters. The van der Waals surface area contributed by atoms with Crippen molar-refractivity contribution in [3.05, 3.63) is 182 Å². The Morgan fingerprint density at radius 1 is 0.314 bits per heavy atom. The van der Waals surface area contributed by atoms with Gasteiger partial charge >= 0.3 is 0 Å². The molecule has 0 radical (unpaired) electrons. The zero-order valence-electron chi connectivity index (χ0n) is 27.6. The maximum absolute atomic E-state index is 5.21. The van der Waals surface area contributed by atoms with E-state index in [4.69, 9.17) is 15.0 Å². The van der Waals surface area contributed by atoms with Gasteiger partial charge in [0.2, 0.25) is 0 Å². The van der Waals surface area contributed by atoms with Gasteiger partial charge in [0.1, 0.15) is 0 Å². The molecule has 10 rings (SSSR count). The fourth-order valence-corrected chi connectivity index (χ4v) is 7.29. The van der Waals surface area contributed by atoms with Crippen LogP contribution >= 0.6 is 0 Å². The molecule has 0 atom stereocenters. The van der Waals surface area contributed by atoms with Crippen LogP contribution in [-0.2, 0) is 0 Å². The molecule has 10 aromatic rings. The third kappa shape index (κ3) is 5.04. The lowest BCUT2D eigenvalue weighted by molar-refractivity contribution is 1.23. The normalized spacial score (nSPS) is 11.5. The van der Waals surface area contributed by atoms with E-state index < -0.39 is 0 Å². The highest BCUT2D eigenvalue weighted by Gasteiger charge is 2.16. The van der Waals surface area contributed by atoms with Crippen LogP contribution in [0.3, 0.4) is 0 Å². The molecule has 0 spiro atoms. The van der Waals surface area contributed by atoms with Gasteiger partial charge in [-0.3, -0.25) is 0 Å². The van der Waals surface area contributed by atoms with Crippen molar-refractivity contribution in [1.29, 1.82) is 0 Å². The van der Waals surface area contributed by atoms with E-state index in [2.05, 4.69) is 174 Å². The van der Waals surface area contributed by atoms with Crippen LogP contribution in [0, 0.1) is 0 Å². The summed E-state index contributed by atoms with van der Waals surface area (Å²) < 4.78 is 2.34. The van der Waals surface area contributed by atoms with Crippen molar-refractivity contribution in [2.45, 2.75) is 0 Å². The van der Waals surface area contributed by atoms with Gasteiger partial charge in [-0.15, -0.1) is 0 Å². The van der Waals surface area contributed by atoms with E-state index in [0.29, 0.717) is 5.82 Å². The average Bonchev–Trinajstić information content (AvgIpc) is 3.61. The van der Waals surface area contributed by atoms with E-state index in [1.165, 1.54) is 16.5 Å². The monoisotopic (exact) mass is 650 g/mol. The summed E-state index contributed by atoms with van der Waals surface area (Å²) in [6.45, 7) is 0. The Bertz CT molecular complexity index is 2910. The first kappa shape index (κ1) is 29.0. The number of aromatic nitrogens is 4. The summed E-state index contributed by atoms with van der Waals surface area (Å²) >= 11 is 0. The van der Waals surface area contributed by atoms with E-state index >= 15 is 0 Å². The number of rotatable bonds is 5. The summed E-state index contributed by atoms with van der Waals surface area (Å²) in [4.78, 5) is 15.4. The molecule has 0 aliphatic carbocycles. The molecule has 0 aliphatic heterocycles. The van der Waals surface area contributed by atoms with Gasteiger partial charge in [-0.2, -0.15) is 0 Å². The van der Waals surface area contributed by atoms with Crippen LogP contribution in [0.15, 0.2) is 182 Å². The van der Waals surface area contributed by atoms with E-state index in [9.17, 15) is 0 Å². The molecule has 4 nitrogen and oxygen atoms in total. The molecule has 3 heterocycles. The molecule has 0 fully saturated rings. The minimum absolute atomic E-state index is 0.712. The van der Waals surface area contributed by atoms with Gasteiger partial charge in [0.05, 0.1) is 39.0 Å². The van der Waals surface area contributed by atoms with Crippen LogP contribution in [0.25, 0.3) is 94.5 Å². The van der Waals surface area contributed by atoms with E-state index in [1.54, 1.807) is 0 Å². The lowest BCUT2D eigenvalue weighted by atomic mass is 9.98. The van der Waals surface area contributed by atoms with Gasteiger partial charge < -0.3 is 4.40 Å². The molecule has 0 bridgehead atoms. The van der Waals surface area contributed by atoms with Gasteiger partial charge in [0, 0.05) is 27.5 Å². The standard InChI is InChI=1S/C47H30N4/c1-2-12-31(13-3-1)35-16-11-18-38(29-35)47-49-40-20-6-5-19-39(40)45(50-47)37-17-10-15-34(28-37)32-24-26-33(27-25-32)46-44-30-36-14-4-8-22-42(36)51(44)43-23-9-7-21-41(43)48-46/h1-30H. The minimum atomic E-state index is 0.712. The van der Waals surface area contributed by atoms with Crippen LogP contribution < -0.4 is 0 Å². The highest BCUT2D eigenvalue weighted by atomic mass is 14.9. The van der Waals surface area contributed by atoms with Gasteiger partial charge in [-0.25, -0.2) is 15.0 Å². The second-order valence-corrected chi connectivity index (χ2v) is 12.9. The first-order valence-electron chi connectivity index (χ1n) is 17.2. The van der Waals surface area contributed by atoms with Crippen LogP contribution in [0.2, 0.25) is 0 Å². The Labute approximate surface area is 295 Å². The quantitative estimate of drug-likeness (QED) is 0.186. The van der Waals surface area contributed by atoms with Crippen molar-refractivity contribution in [2.24, 2.45) is 0 Å². The molecule has 4 heteroatoms. The smallest absolute Gasteiger partial charge is 0.160 e. The predicted molar refractivity (Wildman–Crippen MR) is 210 cm³/mol. The SMILES string of the molecule is c1ccc(-c2cccc(-c3nc(-c4cccc(-c5ccc(-c6nc7ccccc7n7c6cc6ccccc67)cc5)c4)c4ccccc4n3)c2)cc1. The maximum atomic E-state index is 5.21. The lowest BCUT2D eigenvalue weighted by Crippen LogP contribution is -1.96. The molecular formula is C47H30N4. The van der Waals surface area contributed by atoms with Crippen molar-refractivity contribution in [1.82, 2.24) is 19.4 Å². The largest absolute Gasteiger partial charge is 0.306 e. The van der Waals surface area contributed by atoms with Crippen LogP contribution in [0.5, 0.6) is 0 Å². The number of hydrogen-bond donors (Lipinski definition) is 0. The maximum Gasteiger partial charge on any atom is 0.160 e. The number of fused-ring (bicyclic) bond motifs is 6. The van der Waals surface area contributed by atoms with Crippen molar-refractivity contribution in [3.63, 3.8) is 0 Å². The molecule has 7 aromatic carbocycles. The molecular weight excluding hydrogens is 621 g/mol. The topological polar surface area (TPSA) is 43.1 Å². The highest BCUT2D eigenvalue weighted by molar-refractivity contribution is 5.99. The molecule has 0 aliphatic rings. The van der Waals surface area contributed by atoms with Crippen molar-refractivity contribution >= 4 is 38.4 Å². The highest BCUT2D eigenvalue weighted by Crippen LogP contribution is 2.35.